The fourth-order valence-corrected chi connectivity index (χ4v) is 3.16. The van der Waals surface area contributed by atoms with Gasteiger partial charge in [-0.3, -0.25) is 9.59 Å². The van der Waals surface area contributed by atoms with Crippen molar-refractivity contribution in [2.75, 3.05) is 14.2 Å². The molecule has 1 saturated carbocycles. The lowest BCUT2D eigenvalue weighted by atomic mass is 9.50. The van der Waals surface area contributed by atoms with E-state index in [9.17, 15) is 22.8 Å². The van der Waals surface area contributed by atoms with Crippen LogP contribution in [0, 0.1) is 11.3 Å². The van der Waals surface area contributed by atoms with Gasteiger partial charge in [0.05, 0.1) is 20.1 Å². The van der Waals surface area contributed by atoms with Crippen LogP contribution in [0.2, 0.25) is 0 Å². The number of benzene rings is 1. The fraction of sp³-hybridized carbons (Fsp3) is 0.467. The van der Waals surface area contributed by atoms with Crippen molar-refractivity contribution >= 4 is 11.9 Å². The van der Waals surface area contributed by atoms with E-state index in [0.29, 0.717) is 5.56 Å². The Bertz CT molecular complexity index is 552. The molecule has 2 atom stereocenters. The Hall–Kier alpha value is -2.05. The first kappa shape index (κ1) is 16.3. The molecule has 1 aromatic carbocycles. The molecule has 4 nitrogen and oxygen atoms in total. The van der Waals surface area contributed by atoms with E-state index in [1.54, 1.807) is 30.3 Å². The summed E-state index contributed by atoms with van der Waals surface area (Å²) in [5.41, 5.74) is -1.91. The molecule has 0 aliphatic heterocycles. The number of methoxy groups -OCH3 is 2. The van der Waals surface area contributed by atoms with E-state index in [4.69, 9.17) is 0 Å². The highest BCUT2D eigenvalue weighted by atomic mass is 19.4. The molecule has 1 aliphatic carbocycles. The summed E-state index contributed by atoms with van der Waals surface area (Å²) in [4.78, 5) is 24.3. The third kappa shape index (κ3) is 2.24. The van der Waals surface area contributed by atoms with Crippen LogP contribution in [0.3, 0.4) is 0 Å². The molecule has 0 heterocycles. The molecule has 1 aromatic rings. The number of ether oxygens (including phenoxy) is 2. The summed E-state index contributed by atoms with van der Waals surface area (Å²) in [7, 11) is 1.92. The first-order chi connectivity index (χ1) is 10.3. The predicted molar refractivity (Wildman–Crippen MR) is 69.8 cm³/mol. The summed E-state index contributed by atoms with van der Waals surface area (Å²) in [6, 6.07) is 8.13. The SMILES string of the molecule is COC(=O)C1(C(=O)OC)[C@H](c2ccccc2)C[C@H]1C(F)(F)F. The summed E-state index contributed by atoms with van der Waals surface area (Å²) < 4.78 is 48.8. The minimum atomic E-state index is -4.70. The van der Waals surface area contributed by atoms with Gasteiger partial charge in [-0.15, -0.1) is 0 Å². The third-order valence-electron chi connectivity index (χ3n) is 4.21. The van der Waals surface area contributed by atoms with Gasteiger partial charge >= 0.3 is 18.1 Å². The van der Waals surface area contributed by atoms with Crippen LogP contribution >= 0.6 is 0 Å². The van der Waals surface area contributed by atoms with Crippen LogP contribution in [-0.4, -0.2) is 32.3 Å². The molecule has 0 unspecified atom stereocenters. The van der Waals surface area contributed by atoms with Gasteiger partial charge in [-0.1, -0.05) is 30.3 Å². The highest BCUT2D eigenvalue weighted by molar-refractivity contribution is 6.03. The molecule has 0 radical (unpaired) electrons. The molecular formula is C15H15F3O4. The summed E-state index contributed by atoms with van der Waals surface area (Å²) in [5.74, 6) is -5.49. The van der Waals surface area contributed by atoms with E-state index >= 15 is 0 Å². The van der Waals surface area contributed by atoms with Crippen LogP contribution in [0.4, 0.5) is 13.2 Å². The molecule has 0 amide bonds. The van der Waals surface area contributed by atoms with Gasteiger partial charge in [-0.25, -0.2) is 0 Å². The molecule has 0 aromatic heterocycles. The number of carbonyl (C=O) groups is 2. The minimum absolute atomic E-state index is 0.363. The zero-order valence-corrected chi connectivity index (χ0v) is 12.0. The average Bonchev–Trinajstić information content (AvgIpc) is 2.45. The van der Waals surface area contributed by atoms with E-state index < -0.39 is 35.4 Å². The second-order valence-electron chi connectivity index (χ2n) is 5.15. The molecule has 22 heavy (non-hydrogen) atoms. The van der Waals surface area contributed by atoms with Crippen molar-refractivity contribution in [1.29, 1.82) is 0 Å². The average molecular weight is 316 g/mol. The number of hydrogen-bond acceptors (Lipinski definition) is 4. The highest BCUT2D eigenvalue weighted by Gasteiger charge is 2.74. The number of rotatable bonds is 3. The van der Waals surface area contributed by atoms with Crippen molar-refractivity contribution in [2.45, 2.75) is 18.5 Å². The monoisotopic (exact) mass is 316 g/mol. The van der Waals surface area contributed by atoms with Gasteiger partial charge in [0, 0.05) is 5.92 Å². The van der Waals surface area contributed by atoms with Crippen molar-refractivity contribution in [3.8, 4) is 0 Å². The van der Waals surface area contributed by atoms with Gasteiger partial charge in [0.15, 0.2) is 5.41 Å². The second kappa shape index (κ2) is 5.62. The largest absolute Gasteiger partial charge is 0.468 e. The number of hydrogen-bond donors (Lipinski definition) is 0. The Morgan fingerprint density at radius 1 is 1.09 bits per heavy atom. The Morgan fingerprint density at radius 2 is 1.59 bits per heavy atom. The Kier molecular flexibility index (Phi) is 4.17. The van der Waals surface area contributed by atoms with E-state index in [2.05, 4.69) is 9.47 Å². The van der Waals surface area contributed by atoms with Gasteiger partial charge in [-0.05, 0) is 12.0 Å². The molecule has 1 aliphatic rings. The van der Waals surface area contributed by atoms with Gasteiger partial charge in [0.2, 0.25) is 0 Å². The standard InChI is InChI=1S/C15H15F3O4/c1-21-12(19)14(13(20)22-2)10(8-11(14)15(16,17)18)9-6-4-3-5-7-9/h3-7,10-11H,8H2,1-2H3/t10-,11+/m0/s1. The van der Waals surface area contributed by atoms with E-state index in [1.165, 1.54) is 0 Å². The van der Waals surface area contributed by atoms with Gasteiger partial charge < -0.3 is 9.47 Å². The summed E-state index contributed by atoms with van der Waals surface area (Å²) in [6.07, 6.45) is -5.06. The zero-order valence-electron chi connectivity index (χ0n) is 12.0. The number of alkyl halides is 3. The number of carbonyl (C=O) groups excluding carboxylic acids is 2. The summed E-state index contributed by atoms with van der Waals surface area (Å²) in [5, 5.41) is 0. The number of esters is 2. The third-order valence-corrected chi connectivity index (χ3v) is 4.21. The maximum Gasteiger partial charge on any atom is 0.393 e. The van der Waals surface area contributed by atoms with E-state index in [-0.39, 0.29) is 6.42 Å². The zero-order chi connectivity index (χ0) is 16.5. The smallest absolute Gasteiger partial charge is 0.393 e. The highest BCUT2D eigenvalue weighted by Crippen LogP contribution is 2.63. The maximum absolute atomic E-state index is 13.3. The minimum Gasteiger partial charge on any atom is -0.468 e. The van der Waals surface area contributed by atoms with Crippen LogP contribution in [0.15, 0.2) is 30.3 Å². The molecule has 0 saturated heterocycles. The first-order valence-electron chi connectivity index (χ1n) is 6.58. The quantitative estimate of drug-likeness (QED) is 0.635. The summed E-state index contributed by atoms with van der Waals surface area (Å²) >= 11 is 0. The molecule has 1 fully saturated rings. The Labute approximate surface area is 125 Å². The Balaban J connectivity index is 2.57. The molecule has 7 heteroatoms. The topological polar surface area (TPSA) is 52.6 Å². The van der Waals surface area contributed by atoms with Crippen molar-refractivity contribution < 1.29 is 32.2 Å². The van der Waals surface area contributed by atoms with E-state index in [1.807, 2.05) is 0 Å². The van der Waals surface area contributed by atoms with Crippen LogP contribution < -0.4 is 0 Å². The molecule has 0 bridgehead atoms. The van der Waals surface area contributed by atoms with E-state index in [0.717, 1.165) is 14.2 Å². The maximum atomic E-state index is 13.3. The van der Waals surface area contributed by atoms with Crippen molar-refractivity contribution in [3.63, 3.8) is 0 Å². The second-order valence-corrected chi connectivity index (χ2v) is 5.15. The first-order valence-corrected chi connectivity index (χ1v) is 6.58. The lowest BCUT2D eigenvalue weighted by Gasteiger charge is -2.51. The lowest BCUT2D eigenvalue weighted by molar-refractivity contribution is -0.255. The van der Waals surface area contributed by atoms with Crippen LogP contribution in [0.25, 0.3) is 0 Å². The molecular weight excluding hydrogens is 301 g/mol. The van der Waals surface area contributed by atoms with Crippen molar-refractivity contribution in [2.24, 2.45) is 11.3 Å². The van der Waals surface area contributed by atoms with Crippen molar-refractivity contribution in [1.82, 2.24) is 0 Å². The van der Waals surface area contributed by atoms with Crippen molar-refractivity contribution in [3.05, 3.63) is 35.9 Å². The molecule has 0 N–H and O–H groups in total. The molecule has 2 rings (SSSR count). The van der Waals surface area contributed by atoms with Gasteiger partial charge in [-0.2, -0.15) is 13.2 Å². The predicted octanol–water partition coefficient (Wildman–Crippen LogP) is 2.68. The van der Waals surface area contributed by atoms with Crippen LogP contribution in [0.1, 0.15) is 17.9 Å². The molecule has 120 valence electrons. The van der Waals surface area contributed by atoms with Gasteiger partial charge in [0.25, 0.3) is 0 Å². The fourth-order valence-electron chi connectivity index (χ4n) is 3.16. The van der Waals surface area contributed by atoms with Gasteiger partial charge in [0.1, 0.15) is 0 Å². The van der Waals surface area contributed by atoms with Crippen LogP contribution in [-0.2, 0) is 19.1 Å². The summed E-state index contributed by atoms with van der Waals surface area (Å²) in [6.45, 7) is 0. The lowest BCUT2D eigenvalue weighted by Crippen LogP contribution is -2.63. The normalized spacial score (nSPS) is 23.3. The molecule has 0 spiro atoms. The Morgan fingerprint density at radius 3 is 2.00 bits per heavy atom. The number of halogens is 3. The van der Waals surface area contributed by atoms with Crippen LogP contribution in [0.5, 0.6) is 0 Å².